The zero-order valence-corrected chi connectivity index (χ0v) is 10.8. The van der Waals surface area contributed by atoms with Crippen LogP contribution in [0.3, 0.4) is 0 Å². The number of nitrogens with two attached hydrogens (primary N) is 1. The first-order valence-corrected chi connectivity index (χ1v) is 6.00. The Labute approximate surface area is 103 Å². The van der Waals surface area contributed by atoms with Crippen LogP contribution in [0.15, 0.2) is 24.4 Å². The van der Waals surface area contributed by atoms with Gasteiger partial charge in [0, 0.05) is 18.8 Å². The molecule has 0 fully saturated rings. The molecular formula is C13H21N3O. The Bertz CT molecular complexity index is 351. The molecule has 0 saturated carbocycles. The van der Waals surface area contributed by atoms with Crippen molar-refractivity contribution in [2.75, 3.05) is 6.54 Å². The molecule has 17 heavy (non-hydrogen) atoms. The van der Waals surface area contributed by atoms with Gasteiger partial charge in [-0.1, -0.05) is 13.0 Å². The van der Waals surface area contributed by atoms with Crippen molar-refractivity contribution < 1.29 is 4.79 Å². The van der Waals surface area contributed by atoms with Crippen molar-refractivity contribution in [3.8, 4) is 0 Å². The van der Waals surface area contributed by atoms with Gasteiger partial charge in [-0.25, -0.2) is 0 Å². The monoisotopic (exact) mass is 235 g/mol. The molecule has 2 unspecified atom stereocenters. The van der Waals surface area contributed by atoms with E-state index in [2.05, 4.69) is 4.98 Å². The lowest BCUT2D eigenvalue weighted by molar-refractivity contribution is -0.135. The average molecular weight is 235 g/mol. The summed E-state index contributed by atoms with van der Waals surface area (Å²) < 4.78 is 0. The van der Waals surface area contributed by atoms with Gasteiger partial charge in [0.2, 0.25) is 5.91 Å². The lowest BCUT2D eigenvalue weighted by atomic mass is 10.0. The Morgan fingerprint density at radius 1 is 1.47 bits per heavy atom. The number of pyridine rings is 1. The predicted molar refractivity (Wildman–Crippen MR) is 68.1 cm³/mol. The summed E-state index contributed by atoms with van der Waals surface area (Å²) in [5.74, 6) is -0.0631. The molecule has 1 amide bonds. The van der Waals surface area contributed by atoms with Crippen LogP contribution in [-0.2, 0) is 11.3 Å². The fourth-order valence-electron chi connectivity index (χ4n) is 1.55. The highest BCUT2D eigenvalue weighted by Gasteiger charge is 2.22. The van der Waals surface area contributed by atoms with E-state index in [4.69, 9.17) is 5.73 Å². The summed E-state index contributed by atoms with van der Waals surface area (Å²) in [5.41, 5.74) is 6.66. The van der Waals surface area contributed by atoms with Crippen LogP contribution >= 0.6 is 0 Å². The van der Waals surface area contributed by atoms with E-state index in [9.17, 15) is 4.79 Å². The molecule has 0 aliphatic rings. The zero-order chi connectivity index (χ0) is 12.8. The summed E-state index contributed by atoms with van der Waals surface area (Å²) in [6.07, 6.45) is 1.74. The Morgan fingerprint density at radius 3 is 2.65 bits per heavy atom. The number of hydrogen-bond acceptors (Lipinski definition) is 3. The maximum Gasteiger partial charge on any atom is 0.227 e. The summed E-state index contributed by atoms with van der Waals surface area (Å²) in [5, 5.41) is 0. The van der Waals surface area contributed by atoms with Crippen molar-refractivity contribution in [3.05, 3.63) is 30.1 Å². The van der Waals surface area contributed by atoms with E-state index in [0.29, 0.717) is 13.1 Å². The van der Waals surface area contributed by atoms with E-state index in [0.717, 1.165) is 5.69 Å². The van der Waals surface area contributed by atoms with Crippen LogP contribution in [0.2, 0.25) is 0 Å². The van der Waals surface area contributed by atoms with Gasteiger partial charge in [0.25, 0.3) is 0 Å². The summed E-state index contributed by atoms with van der Waals surface area (Å²) in [7, 11) is 0. The molecule has 0 bridgehead atoms. The molecule has 1 aromatic heterocycles. The highest BCUT2D eigenvalue weighted by atomic mass is 16.2. The second-order valence-corrected chi connectivity index (χ2v) is 4.32. The molecule has 1 heterocycles. The Morgan fingerprint density at radius 2 is 2.18 bits per heavy atom. The third kappa shape index (κ3) is 3.82. The topological polar surface area (TPSA) is 59.2 Å². The molecule has 4 nitrogen and oxygen atoms in total. The molecule has 1 rings (SSSR count). The predicted octanol–water partition coefficient (Wildman–Crippen LogP) is 1.41. The van der Waals surface area contributed by atoms with E-state index in [1.165, 1.54) is 0 Å². The van der Waals surface area contributed by atoms with E-state index >= 15 is 0 Å². The summed E-state index contributed by atoms with van der Waals surface area (Å²) in [6.45, 7) is 6.92. The van der Waals surface area contributed by atoms with E-state index in [1.54, 1.807) is 11.1 Å². The van der Waals surface area contributed by atoms with Gasteiger partial charge < -0.3 is 10.6 Å². The fraction of sp³-hybridized carbons (Fsp3) is 0.538. The molecule has 0 saturated heterocycles. The lowest BCUT2D eigenvalue weighted by Crippen LogP contribution is -2.41. The van der Waals surface area contributed by atoms with Crippen LogP contribution in [0.1, 0.15) is 26.5 Å². The Hall–Kier alpha value is -1.42. The van der Waals surface area contributed by atoms with Gasteiger partial charge in [0.1, 0.15) is 0 Å². The van der Waals surface area contributed by atoms with Crippen molar-refractivity contribution in [2.24, 2.45) is 11.7 Å². The maximum absolute atomic E-state index is 12.1. The molecule has 4 heteroatoms. The summed E-state index contributed by atoms with van der Waals surface area (Å²) in [6, 6.07) is 5.59. The summed E-state index contributed by atoms with van der Waals surface area (Å²) in [4.78, 5) is 18.2. The molecule has 2 atom stereocenters. The first-order chi connectivity index (χ1) is 8.06. The standard InChI is InChI=1S/C13H21N3O/c1-4-16(13(17)10(2)11(3)14)9-12-7-5-6-8-15-12/h5-8,10-11H,4,9,14H2,1-3H3. The maximum atomic E-state index is 12.1. The normalized spacial score (nSPS) is 14.1. The van der Waals surface area contributed by atoms with Crippen molar-refractivity contribution in [2.45, 2.75) is 33.4 Å². The second-order valence-electron chi connectivity index (χ2n) is 4.32. The molecular weight excluding hydrogens is 214 g/mol. The molecule has 0 spiro atoms. The fourth-order valence-corrected chi connectivity index (χ4v) is 1.55. The Kier molecular flexibility index (Phi) is 5.10. The number of amides is 1. The molecule has 0 aromatic carbocycles. The minimum absolute atomic E-state index is 0.0909. The number of carbonyl (C=O) groups excluding carboxylic acids is 1. The van der Waals surface area contributed by atoms with Gasteiger partial charge in [0.05, 0.1) is 18.2 Å². The van der Waals surface area contributed by atoms with Crippen LogP contribution in [-0.4, -0.2) is 28.4 Å². The minimum atomic E-state index is -0.154. The molecule has 0 radical (unpaired) electrons. The van der Waals surface area contributed by atoms with Crippen molar-refractivity contribution >= 4 is 5.91 Å². The van der Waals surface area contributed by atoms with Crippen LogP contribution in [0.4, 0.5) is 0 Å². The van der Waals surface area contributed by atoms with E-state index in [-0.39, 0.29) is 17.9 Å². The van der Waals surface area contributed by atoms with Gasteiger partial charge in [-0.05, 0) is 26.0 Å². The average Bonchev–Trinajstić information content (AvgIpc) is 2.35. The smallest absolute Gasteiger partial charge is 0.227 e. The minimum Gasteiger partial charge on any atom is -0.337 e. The quantitative estimate of drug-likeness (QED) is 0.839. The highest BCUT2D eigenvalue weighted by molar-refractivity contribution is 5.79. The number of rotatable bonds is 5. The van der Waals surface area contributed by atoms with Gasteiger partial charge in [0.15, 0.2) is 0 Å². The van der Waals surface area contributed by atoms with Gasteiger partial charge >= 0.3 is 0 Å². The first kappa shape index (κ1) is 13.6. The molecule has 0 aliphatic heterocycles. The molecule has 2 N–H and O–H groups in total. The van der Waals surface area contributed by atoms with Crippen LogP contribution in [0.25, 0.3) is 0 Å². The first-order valence-electron chi connectivity index (χ1n) is 6.00. The number of carbonyl (C=O) groups is 1. The summed E-state index contributed by atoms with van der Waals surface area (Å²) >= 11 is 0. The van der Waals surface area contributed by atoms with Crippen LogP contribution < -0.4 is 5.73 Å². The number of aromatic nitrogens is 1. The van der Waals surface area contributed by atoms with Crippen LogP contribution in [0, 0.1) is 5.92 Å². The Balaban J connectivity index is 2.69. The third-order valence-electron chi connectivity index (χ3n) is 2.95. The molecule has 94 valence electrons. The van der Waals surface area contributed by atoms with Gasteiger partial charge in [-0.2, -0.15) is 0 Å². The number of nitrogens with zero attached hydrogens (tertiary/aromatic N) is 2. The second kappa shape index (κ2) is 6.35. The molecule has 1 aromatic rings. The van der Waals surface area contributed by atoms with Gasteiger partial charge in [-0.15, -0.1) is 0 Å². The lowest BCUT2D eigenvalue weighted by Gasteiger charge is -2.25. The van der Waals surface area contributed by atoms with Crippen molar-refractivity contribution in [1.82, 2.24) is 9.88 Å². The largest absolute Gasteiger partial charge is 0.337 e. The third-order valence-corrected chi connectivity index (χ3v) is 2.95. The van der Waals surface area contributed by atoms with E-state index in [1.807, 2.05) is 39.0 Å². The molecule has 0 aliphatic carbocycles. The van der Waals surface area contributed by atoms with Crippen molar-refractivity contribution in [3.63, 3.8) is 0 Å². The van der Waals surface area contributed by atoms with Crippen LogP contribution in [0.5, 0.6) is 0 Å². The van der Waals surface area contributed by atoms with Gasteiger partial charge in [-0.3, -0.25) is 9.78 Å². The highest BCUT2D eigenvalue weighted by Crippen LogP contribution is 2.09. The number of hydrogen-bond donors (Lipinski definition) is 1. The van der Waals surface area contributed by atoms with E-state index < -0.39 is 0 Å². The van der Waals surface area contributed by atoms with Crippen molar-refractivity contribution in [1.29, 1.82) is 0 Å². The SMILES string of the molecule is CCN(Cc1ccccn1)C(=O)C(C)C(C)N. The zero-order valence-electron chi connectivity index (χ0n) is 10.8.